The van der Waals surface area contributed by atoms with Crippen LogP contribution in [-0.2, 0) is 11.8 Å². The zero-order valence-corrected chi connectivity index (χ0v) is 25.8. The van der Waals surface area contributed by atoms with Gasteiger partial charge < -0.3 is 15.3 Å². The quantitative estimate of drug-likeness (QED) is 0.202. The lowest BCUT2D eigenvalue weighted by molar-refractivity contribution is 0.0862. The zero-order valence-electron chi connectivity index (χ0n) is 24.9. The van der Waals surface area contributed by atoms with E-state index in [2.05, 4.69) is 51.7 Å². The zero-order chi connectivity index (χ0) is 28.5. The lowest BCUT2D eigenvalue weighted by Crippen LogP contribution is -2.35. The van der Waals surface area contributed by atoms with Gasteiger partial charge in [-0.05, 0) is 98.5 Å². The van der Waals surface area contributed by atoms with E-state index in [9.17, 15) is 15.3 Å². The van der Waals surface area contributed by atoms with Gasteiger partial charge in [-0.15, -0.1) is 11.3 Å². The predicted octanol–water partition coefficient (Wildman–Crippen LogP) is 7.60. The number of aryl methyl sites for hydroxylation is 1. The first kappa shape index (κ1) is 29.9. The summed E-state index contributed by atoms with van der Waals surface area (Å²) in [6.07, 6.45) is 23.2. The molecule has 7 atom stereocenters. The number of allylic oxidation sites excluding steroid dienone is 4. The Morgan fingerprint density at radius 2 is 1.95 bits per heavy atom. The summed E-state index contributed by atoms with van der Waals surface area (Å²) in [5.41, 5.74) is 3.39. The molecule has 0 unspecified atom stereocenters. The molecule has 1 aromatic rings. The highest BCUT2D eigenvalue weighted by atomic mass is 32.1. The Bertz CT molecular complexity index is 1140. The van der Waals surface area contributed by atoms with Crippen molar-refractivity contribution in [1.82, 2.24) is 4.98 Å². The van der Waals surface area contributed by atoms with Crippen molar-refractivity contribution in [2.75, 3.05) is 0 Å². The Morgan fingerprint density at radius 1 is 1.15 bits per heavy atom. The van der Waals surface area contributed by atoms with Gasteiger partial charge in [0.1, 0.15) is 5.01 Å². The van der Waals surface area contributed by atoms with Crippen molar-refractivity contribution < 1.29 is 15.3 Å². The first-order valence-corrected chi connectivity index (χ1v) is 16.8. The van der Waals surface area contributed by atoms with Gasteiger partial charge in [0.05, 0.1) is 23.7 Å². The smallest absolute Gasteiger partial charge is 0.102 e. The maximum atomic E-state index is 11.3. The van der Waals surface area contributed by atoms with Crippen LogP contribution in [-0.4, -0.2) is 38.6 Å². The van der Waals surface area contributed by atoms with Gasteiger partial charge in [-0.1, -0.05) is 70.1 Å². The summed E-state index contributed by atoms with van der Waals surface area (Å²) in [4.78, 5) is 6.13. The van der Waals surface area contributed by atoms with Crippen molar-refractivity contribution in [2.45, 2.75) is 128 Å². The Kier molecular flexibility index (Phi) is 9.26. The van der Waals surface area contributed by atoms with Crippen LogP contribution >= 0.6 is 11.3 Å². The lowest BCUT2D eigenvalue weighted by Gasteiger charge is -2.44. The number of aliphatic hydroxyl groups excluding tert-OH is 3. The van der Waals surface area contributed by atoms with Gasteiger partial charge in [0.25, 0.3) is 0 Å². The van der Waals surface area contributed by atoms with Crippen LogP contribution in [0.4, 0.5) is 0 Å². The molecular weight excluding hydrogens is 514 g/mol. The summed E-state index contributed by atoms with van der Waals surface area (Å²) in [7, 11) is 0. The minimum Gasteiger partial charge on any atom is -0.393 e. The van der Waals surface area contributed by atoms with Crippen molar-refractivity contribution in [2.24, 2.45) is 23.2 Å². The molecule has 220 valence electrons. The predicted molar refractivity (Wildman–Crippen MR) is 165 cm³/mol. The number of unbranched alkanes of at least 4 members (excludes halogenated alkanes) is 2. The third kappa shape index (κ3) is 6.00. The third-order valence-corrected chi connectivity index (χ3v) is 12.2. The molecule has 0 aromatic carbocycles. The third-order valence-electron chi connectivity index (χ3n) is 10.9. The minimum absolute atomic E-state index is 0.162. The standard InChI is InChI=1S/C35H51NO3S/c1-5-6-7-10-28-22-36-33(40-28)35(18-19-35)32(39)16-11-23(2)29-14-15-30-25(9-8-17-34(29,30)4)12-13-26-20-27(37)21-31(38)24(26)3/h11-13,16,22-23,27,29-32,37-39H,3,5-10,14-15,17-21H2,1-2,4H3/b16-11+,25-12+,26-13+/t23-,27-,29-,30+,31+,32-,34-/m1/s1. The maximum absolute atomic E-state index is 11.3. The molecule has 1 heterocycles. The summed E-state index contributed by atoms with van der Waals surface area (Å²) in [5.74, 6) is 1.60. The van der Waals surface area contributed by atoms with Gasteiger partial charge in [0.2, 0.25) is 0 Å². The van der Waals surface area contributed by atoms with E-state index in [4.69, 9.17) is 4.98 Å². The molecule has 5 heteroatoms. The van der Waals surface area contributed by atoms with E-state index in [1.165, 1.54) is 55.4 Å². The molecule has 1 aromatic heterocycles. The van der Waals surface area contributed by atoms with Gasteiger partial charge >= 0.3 is 0 Å². The monoisotopic (exact) mass is 565 g/mol. The molecule has 4 saturated carbocycles. The molecule has 0 radical (unpaired) electrons. The van der Waals surface area contributed by atoms with Gasteiger partial charge in [0, 0.05) is 17.5 Å². The van der Waals surface area contributed by atoms with Crippen LogP contribution in [0.2, 0.25) is 0 Å². The van der Waals surface area contributed by atoms with Crippen LogP contribution in [0, 0.1) is 23.2 Å². The summed E-state index contributed by atoms with van der Waals surface area (Å²) >= 11 is 1.82. The Balaban J connectivity index is 1.24. The summed E-state index contributed by atoms with van der Waals surface area (Å²) in [6, 6.07) is 0. The maximum Gasteiger partial charge on any atom is 0.102 e. The molecule has 4 nitrogen and oxygen atoms in total. The van der Waals surface area contributed by atoms with Gasteiger partial charge in [-0.2, -0.15) is 0 Å². The van der Waals surface area contributed by atoms with E-state index in [1.54, 1.807) is 0 Å². The van der Waals surface area contributed by atoms with E-state index < -0.39 is 18.3 Å². The van der Waals surface area contributed by atoms with Crippen molar-refractivity contribution in [3.05, 3.63) is 63.7 Å². The molecule has 5 rings (SSSR count). The summed E-state index contributed by atoms with van der Waals surface area (Å²) in [6.45, 7) is 11.2. The number of thiazole rings is 1. The molecule has 4 fully saturated rings. The van der Waals surface area contributed by atoms with Crippen molar-refractivity contribution >= 4 is 11.3 Å². The lowest BCUT2D eigenvalue weighted by atomic mass is 9.61. The summed E-state index contributed by atoms with van der Waals surface area (Å²) in [5, 5.41) is 32.8. The van der Waals surface area contributed by atoms with E-state index >= 15 is 0 Å². The number of aliphatic hydroxyl groups is 3. The molecule has 0 aliphatic heterocycles. The topological polar surface area (TPSA) is 73.6 Å². The number of hydrogen-bond acceptors (Lipinski definition) is 5. The van der Waals surface area contributed by atoms with E-state index in [0.29, 0.717) is 30.6 Å². The minimum atomic E-state index is -0.637. The van der Waals surface area contributed by atoms with Crippen LogP contribution < -0.4 is 0 Å². The van der Waals surface area contributed by atoms with Gasteiger partial charge in [-0.3, -0.25) is 0 Å². The number of aromatic nitrogens is 1. The van der Waals surface area contributed by atoms with E-state index in [0.717, 1.165) is 41.8 Å². The van der Waals surface area contributed by atoms with E-state index in [1.807, 2.05) is 17.5 Å². The van der Waals surface area contributed by atoms with Crippen molar-refractivity contribution in [3.8, 4) is 0 Å². The first-order chi connectivity index (χ1) is 19.2. The number of hydrogen-bond donors (Lipinski definition) is 3. The number of rotatable bonds is 10. The molecule has 4 aliphatic carbocycles. The highest BCUT2D eigenvalue weighted by molar-refractivity contribution is 7.11. The number of fused-ring (bicyclic) bond motifs is 1. The summed E-state index contributed by atoms with van der Waals surface area (Å²) < 4.78 is 0. The number of nitrogens with zero attached hydrogens (tertiary/aromatic N) is 1. The second-order valence-electron chi connectivity index (χ2n) is 13.6. The van der Waals surface area contributed by atoms with Crippen LogP contribution in [0.15, 0.2) is 53.8 Å². The fourth-order valence-corrected chi connectivity index (χ4v) is 9.41. The van der Waals surface area contributed by atoms with Crippen LogP contribution in [0.25, 0.3) is 0 Å². The SMILES string of the molecule is C=C1/C(=C/C=C2\CCC[C@]3(C)[C@@H]([C@H](C)/C=C/[C@@H](O)C4(c5ncc(CCCCC)s5)CC4)CC[C@@H]23)C[C@@H](O)C[C@@H]1O. The Labute approximate surface area is 246 Å². The molecule has 0 amide bonds. The van der Waals surface area contributed by atoms with E-state index in [-0.39, 0.29) is 10.8 Å². The van der Waals surface area contributed by atoms with Crippen LogP contribution in [0.3, 0.4) is 0 Å². The fourth-order valence-electron chi connectivity index (χ4n) is 8.18. The molecule has 0 spiro atoms. The second kappa shape index (κ2) is 12.4. The molecule has 40 heavy (non-hydrogen) atoms. The van der Waals surface area contributed by atoms with Crippen LogP contribution in [0.1, 0.15) is 108 Å². The fraction of sp³-hybridized carbons (Fsp3) is 0.686. The van der Waals surface area contributed by atoms with Gasteiger partial charge in [-0.25, -0.2) is 4.98 Å². The van der Waals surface area contributed by atoms with Crippen LogP contribution in [0.5, 0.6) is 0 Å². The average Bonchev–Trinajstić information content (AvgIpc) is 3.46. The Hall–Kier alpha value is -1.53. The molecule has 3 N–H and O–H groups in total. The highest BCUT2D eigenvalue weighted by Crippen LogP contribution is 2.60. The molecule has 0 bridgehead atoms. The normalized spacial score (nSPS) is 35.4. The average molecular weight is 566 g/mol. The van der Waals surface area contributed by atoms with Crippen molar-refractivity contribution in [1.29, 1.82) is 0 Å². The Morgan fingerprint density at radius 3 is 2.70 bits per heavy atom. The second-order valence-corrected chi connectivity index (χ2v) is 14.7. The van der Waals surface area contributed by atoms with Crippen molar-refractivity contribution in [3.63, 3.8) is 0 Å². The molecule has 0 saturated heterocycles. The first-order valence-electron chi connectivity index (χ1n) is 15.9. The molecular formula is C35H51NO3S. The van der Waals surface area contributed by atoms with Gasteiger partial charge in [0.15, 0.2) is 0 Å². The largest absolute Gasteiger partial charge is 0.393 e. The highest BCUT2D eigenvalue weighted by Gasteiger charge is 2.53. The molecule has 4 aliphatic rings.